The predicted molar refractivity (Wildman–Crippen MR) is 128 cm³/mol. The van der Waals surface area contributed by atoms with E-state index in [1.165, 1.54) is 18.4 Å². The molecule has 30 heavy (non-hydrogen) atoms. The maximum Gasteiger partial charge on any atom is 0.284 e. The largest absolute Gasteiger partial charge is 0.490 e. The van der Waals surface area contributed by atoms with Crippen LogP contribution in [0.4, 0.5) is 0 Å². The molecule has 4 N–H and O–H groups in total. The Bertz CT molecular complexity index is 860. The third kappa shape index (κ3) is 6.93. The second kappa shape index (κ2) is 11.8. The van der Waals surface area contributed by atoms with E-state index in [9.17, 15) is 4.79 Å². The number of primary amides is 1. The van der Waals surface area contributed by atoms with Gasteiger partial charge in [0.2, 0.25) is 0 Å². The van der Waals surface area contributed by atoms with Gasteiger partial charge < -0.3 is 25.5 Å². The first kappa shape index (κ1) is 24.0. The number of benzene rings is 1. The molecule has 3 rings (SSSR count). The van der Waals surface area contributed by atoms with Crippen LogP contribution in [0.25, 0.3) is 0 Å². The number of nitrogens with zero attached hydrogens (tertiary/aromatic N) is 1. The van der Waals surface area contributed by atoms with Gasteiger partial charge in [-0.2, -0.15) is 0 Å². The van der Waals surface area contributed by atoms with Crippen LogP contribution in [0.5, 0.6) is 5.75 Å². The van der Waals surface area contributed by atoms with Crippen molar-refractivity contribution in [1.82, 2.24) is 10.6 Å². The summed E-state index contributed by atoms with van der Waals surface area (Å²) in [5, 5.41) is 6.44. The summed E-state index contributed by atoms with van der Waals surface area (Å²) >= 11 is 0. The van der Waals surface area contributed by atoms with Crippen molar-refractivity contribution in [3.8, 4) is 5.75 Å². The second-order valence-corrected chi connectivity index (χ2v) is 7.31. The van der Waals surface area contributed by atoms with Crippen LogP contribution in [0.3, 0.4) is 0 Å². The Balaban J connectivity index is 0.00000320. The van der Waals surface area contributed by atoms with Gasteiger partial charge in [-0.3, -0.25) is 4.79 Å². The number of aliphatic imine (C=N–C) groups is 1. The van der Waals surface area contributed by atoms with Crippen LogP contribution in [-0.2, 0) is 13.1 Å². The fraction of sp³-hybridized carbons (Fsp3) is 0.455. The van der Waals surface area contributed by atoms with E-state index in [2.05, 4.69) is 40.7 Å². The van der Waals surface area contributed by atoms with Gasteiger partial charge in [0.15, 0.2) is 11.7 Å². The highest BCUT2D eigenvalue weighted by Crippen LogP contribution is 2.28. The molecule has 0 unspecified atom stereocenters. The minimum absolute atomic E-state index is 0. The molecule has 1 aromatic heterocycles. The van der Waals surface area contributed by atoms with E-state index in [1.54, 1.807) is 12.1 Å². The quantitative estimate of drug-likeness (QED) is 0.275. The molecule has 0 aliphatic heterocycles. The van der Waals surface area contributed by atoms with Crippen LogP contribution in [0.1, 0.15) is 60.0 Å². The fourth-order valence-electron chi connectivity index (χ4n) is 3.37. The van der Waals surface area contributed by atoms with Crippen LogP contribution >= 0.6 is 24.0 Å². The van der Waals surface area contributed by atoms with Crippen LogP contribution in [0.15, 0.2) is 39.7 Å². The summed E-state index contributed by atoms with van der Waals surface area (Å²) in [5.41, 5.74) is 7.47. The molecule has 1 fully saturated rings. The Labute approximate surface area is 194 Å². The first-order valence-electron chi connectivity index (χ1n) is 10.2. The van der Waals surface area contributed by atoms with E-state index in [4.69, 9.17) is 14.9 Å². The maximum absolute atomic E-state index is 11.2. The van der Waals surface area contributed by atoms with Gasteiger partial charge in [-0.05, 0) is 63.3 Å². The normalized spacial score (nSPS) is 14.3. The summed E-state index contributed by atoms with van der Waals surface area (Å²) in [6.45, 7) is 5.72. The lowest BCUT2D eigenvalue weighted by molar-refractivity contribution is 0.0972. The number of hydrogen-bond donors (Lipinski definition) is 3. The van der Waals surface area contributed by atoms with E-state index >= 15 is 0 Å². The monoisotopic (exact) mass is 526 g/mol. The number of rotatable bonds is 8. The summed E-state index contributed by atoms with van der Waals surface area (Å²) in [6.07, 6.45) is 5.03. The maximum atomic E-state index is 11.2. The molecule has 1 amide bonds. The van der Waals surface area contributed by atoms with Crippen molar-refractivity contribution in [3.63, 3.8) is 0 Å². The van der Waals surface area contributed by atoms with Gasteiger partial charge in [-0.15, -0.1) is 24.0 Å². The number of carbonyl (C=O) groups is 1. The minimum atomic E-state index is -0.578. The van der Waals surface area contributed by atoms with Crippen molar-refractivity contribution >= 4 is 35.8 Å². The van der Waals surface area contributed by atoms with Gasteiger partial charge in [0, 0.05) is 12.1 Å². The second-order valence-electron chi connectivity index (χ2n) is 7.31. The molecule has 0 bridgehead atoms. The molecular weight excluding hydrogens is 495 g/mol. The van der Waals surface area contributed by atoms with Crippen molar-refractivity contribution in [1.29, 1.82) is 0 Å². The smallest absolute Gasteiger partial charge is 0.284 e. The number of nitrogens with two attached hydrogens (primary N) is 1. The Morgan fingerprint density at radius 2 is 2.00 bits per heavy atom. The van der Waals surface area contributed by atoms with Crippen LogP contribution in [0, 0.1) is 6.92 Å². The van der Waals surface area contributed by atoms with E-state index in [0.29, 0.717) is 30.9 Å². The number of guanidine groups is 1. The highest BCUT2D eigenvalue weighted by molar-refractivity contribution is 14.0. The lowest BCUT2D eigenvalue weighted by Gasteiger charge is -2.17. The van der Waals surface area contributed by atoms with E-state index < -0.39 is 5.91 Å². The molecule has 0 atom stereocenters. The Kier molecular flexibility index (Phi) is 9.48. The molecule has 7 nitrogen and oxygen atoms in total. The van der Waals surface area contributed by atoms with Gasteiger partial charge >= 0.3 is 0 Å². The first-order valence-corrected chi connectivity index (χ1v) is 10.2. The van der Waals surface area contributed by atoms with Crippen molar-refractivity contribution in [2.75, 3.05) is 6.54 Å². The van der Waals surface area contributed by atoms with Crippen molar-refractivity contribution in [3.05, 3.63) is 53.0 Å². The summed E-state index contributed by atoms with van der Waals surface area (Å²) in [7, 11) is 0. The molecular formula is C22H31IN4O3. The number of ether oxygens (including phenoxy) is 1. The average Bonchev–Trinajstić information content (AvgIpc) is 3.37. The van der Waals surface area contributed by atoms with Crippen LogP contribution < -0.4 is 21.1 Å². The Hall–Kier alpha value is -2.23. The Morgan fingerprint density at radius 3 is 2.67 bits per heavy atom. The van der Waals surface area contributed by atoms with Crippen LogP contribution in [0.2, 0.25) is 0 Å². The van der Waals surface area contributed by atoms with Crippen molar-refractivity contribution in [2.24, 2.45) is 10.7 Å². The zero-order chi connectivity index (χ0) is 20.6. The zero-order valence-corrected chi connectivity index (χ0v) is 19.9. The molecule has 1 aromatic carbocycles. The SMILES string of the molecule is CCNC(=NCc1ccc(C)cc1OC1CCCC1)NCc1ccc(C(N)=O)o1.I. The van der Waals surface area contributed by atoms with E-state index in [-0.39, 0.29) is 29.7 Å². The number of carbonyl (C=O) groups excluding carboxylic acids is 1. The number of aryl methyl sites for hydroxylation is 1. The van der Waals surface area contributed by atoms with E-state index in [1.807, 2.05) is 6.92 Å². The molecule has 1 heterocycles. The number of nitrogens with one attached hydrogen (secondary N) is 2. The summed E-state index contributed by atoms with van der Waals surface area (Å²) in [4.78, 5) is 15.8. The standard InChI is InChI=1S/C22H30N4O3.HI/c1-3-24-22(26-14-18-10-11-19(29-18)21(23)27)25-13-16-9-8-15(2)12-20(16)28-17-6-4-5-7-17;/h8-12,17H,3-7,13-14H2,1-2H3,(H2,23,27)(H2,24,25,26);1H. The molecule has 8 heteroatoms. The van der Waals surface area contributed by atoms with Gasteiger partial charge in [-0.25, -0.2) is 4.99 Å². The molecule has 1 aliphatic rings. The van der Waals surface area contributed by atoms with Gasteiger partial charge in [-0.1, -0.05) is 12.1 Å². The predicted octanol–water partition coefficient (Wildman–Crippen LogP) is 3.88. The topological polar surface area (TPSA) is 102 Å². The zero-order valence-electron chi connectivity index (χ0n) is 17.6. The van der Waals surface area contributed by atoms with Crippen molar-refractivity contribution in [2.45, 2.75) is 58.7 Å². The lowest BCUT2D eigenvalue weighted by Crippen LogP contribution is -2.36. The van der Waals surface area contributed by atoms with Crippen molar-refractivity contribution < 1.29 is 13.9 Å². The highest BCUT2D eigenvalue weighted by atomic mass is 127. The van der Waals surface area contributed by atoms with Gasteiger partial charge in [0.1, 0.15) is 11.5 Å². The number of hydrogen-bond acceptors (Lipinski definition) is 4. The van der Waals surface area contributed by atoms with E-state index in [0.717, 1.165) is 30.7 Å². The first-order chi connectivity index (χ1) is 14.0. The summed E-state index contributed by atoms with van der Waals surface area (Å²) < 4.78 is 11.7. The van der Waals surface area contributed by atoms with Gasteiger partial charge in [0.05, 0.1) is 19.2 Å². The van der Waals surface area contributed by atoms with Gasteiger partial charge in [0.25, 0.3) is 5.91 Å². The highest BCUT2D eigenvalue weighted by Gasteiger charge is 2.18. The molecule has 2 aromatic rings. The molecule has 0 spiro atoms. The molecule has 1 saturated carbocycles. The van der Waals surface area contributed by atoms with Crippen LogP contribution in [-0.4, -0.2) is 24.5 Å². The third-order valence-corrected chi connectivity index (χ3v) is 4.90. The summed E-state index contributed by atoms with van der Waals surface area (Å²) in [6, 6.07) is 9.56. The number of furan rings is 1. The lowest BCUT2D eigenvalue weighted by atomic mass is 10.1. The third-order valence-electron chi connectivity index (χ3n) is 4.90. The summed E-state index contributed by atoms with van der Waals surface area (Å²) in [5.74, 6) is 1.78. The minimum Gasteiger partial charge on any atom is -0.490 e. The Morgan fingerprint density at radius 1 is 1.23 bits per heavy atom. The average molecular weight is 526 g/mol. The molecule has 1 aliphatic carbocycles. The molecule has 0 radical (unpaired) electrons. The molecule has 164 valence electrons. The number of amides is 1. The molecule has 0 saturated heterocycles. The number of halogens is 1. The fourth-order valence-corrected chi connectivity index (χ4v) is 3.37.